The van der Waals surface area contributed by atoms with Gasteiger partial charge in [-0.3, -0.25) is 10.1 Å². The van der Waals surface area contributed by atoms with Crippen LogP contribution in [0.15, 0.2) is 12.1 Å². The van der Waals surface area contributed by atoms with Crippen LogP contribution in [0.4, 0.5) is 16.2 Å². The number of nitrogens with one attached hydrogen (secondary N) is 1. The third-order valence-corrected chi connectivity index (χ3v) is 4.26. The molecular weight excluding hydrogens is 340 g/mol. The Kier molecular flexibility index (Phi) is 4.36. The van der Waals surface area contributed by atoms with Gasteiger partial charge in [-0.1, -0.05) is 0 Å². The summed E-state index contributed by atoms with van der Waals surface area (Å²) in [6, 6.07) is 4.48. The summed E-state index contributed by atoms with van der Waals surface area (Å²) in [4.78, 5) is 24.4. The van der Waals surface area contributed by atoms with E-state index in [9.17, 15) is 20.2 Å². The van der Waals surface area contributed by atoms with Crippen LogP contribution in [0.2, 0.25) is 0 Å². The first-order valence-corrected chi connectivity index (χ1v) is 8.32. The molecule has 138 valence electrons. The lowest BCUT2D eigenvalue weighted by atomic mass is 9.98. The minimum absolute atomic E-state index is 0.0898. The number of fused-ring (bicyclic) bond motifs is 2. The van der Waals surface area contributed by atoms with Crippen molar-refractivity contribution in [1.29, 1.82) is 5.26 Å². The molecule has 1 aromatic carbocycles. The lowest BCUT2D eigenvalue weighted by molar-refractivity contribution is -0.385. The summed E-state index contributed by atoms with van der Waals surface area (Å²) < 4.78 is 11.3. The van der Waals surface area contributed by atoms with Crippen molar-refractivity contribution in [3.63, 3.8) is 0 Å². The van der Waals surface area contributed by atoms with Crippen molar-refractivity contribution in [2.24, 2.45) is 0 Å². The largest absolute Gasteiger partial charge is 0.484 e. The van der Waals surface area contributed by atoms with Gasteiger partial charge in [0, 0.05) is 25.6 Å². The number of anilines is 1. The molecule has 0 unspecified atom stereocenters. The molecule has 9 nitrogen and oxygen atoms in total. The van der Waals surface area contributed by atoms with Gasteiger partial charge in [0.1, 0.15) is 17.8 Å². The van der Waals surface area contributed by atoms with E-state index in [1.54, 1.807) is 4.90 Å². The molecule has 0 aromatic heterocycles. The average molecular weight is 360 g/mol. The minimum atomic E-state index is -0.598. The van der Waals surface area contributed by atoms with E-state index in [0.29, 0.717) is 25.2 Å². The van der Waals surface area contributed by atoms with Crippen molar-refractivity contribution in [3.05, 3.63) is 27.8 Å². The summed E-state index contributed by atoms with van der Waals surface area (Å²) in [5.41, 5.74) is -0.428. The Balaban J connectivity index is 1.81. The molecule has 2 heterocycles. The van der Waals surface area contributed by atoms with Gasteiger partial charge in [0.05, 0.1) is 16.7 Å². The molecule has 3 rings (SSSR count). The van der Waals surface area contributed by atoms with Crippen molar-refractivity contribution >= 4 is 17.5 Å². The quantitative estimate of drug-likeness (QED) is 0.604. The van der Waals surface area contributed by atoms with Gasteiger partial charge in [-0.05, 0) is 26.8 Å². The number of carbonyl (C=O) groups excluding carboxylic acids is 1. The summed E-state index contributed by atoms with van der Waals surface area (Å²) in [7, 11) is 0. The Labute approximate surface area is 150 Å². The van der Waals surface area contributed by atoms with Gasteiger partial charge in [-0.2, -0.15) is 5.26 Å². The predicted molar refractivity (Wildman–Crippen MR) is 92.1 cm³/mol. The number of nitro groups is 1. The zero-order chi connectivity index (χ0) is 19.1. The topological polar surface area (TPSA) is 118 Å². The summed E-state index contributed by atoms with van der Waals surface area (Å²) in [5.74, 6) is 0.202. The van der Waals surface area contributed by atoms with Gasteiger partial charge < -0.3 is 19.7 Å². The molecule has 0 radical (unpaired) electrons. The Bertz CT molecular complexity index is 796. The molecule has 2 aliphatic heterocycles. The number of amides is 1. The van der Waals surface area contributed by atoms with Crippen molar-refractivity contribution < 1.29 is 19.2 Å². The maximum absolute atomic E-state index is 12.3. The molecule has 1 aromatic rings. The van der Waals surface area contributed by atoms with Crippen molar-refractivity contribution in [2.75, 3.05) is 18.4 Å². The standard InChI is InChI=1S/C17H20N4O5/c1-17(2,3)26-16(22)20-7-6-14-12(9-20)19-11-4-5-13(21(23)24)10(8-18)15(11)25-14/h4-5,12,14,19H,6-7,9H2,1-3H3/t12-,14-/m1/s1. The molecule has 0 saturated carbocycles. The first-order valence-electron chi connectivity index (χ1n) is 8.32. The van der Waals surface area contributed by atoms with E-state index < -0.39 is 10.5 Å². The maximum Gasteiger partial charge on any atom is 0.410 e. The first kappa shape index (κ1) is 17.8. The second-order valence-electron chi connectivity index (χ2n) is 7.33. The molecule has 1 saturated heterocycles. The predicted octanol–water partition coefficient (Wildman–Crippen LogP) is 2.65. The van der Waals surface area contributed by atoms with Crippen molar-refractivity contribution in [2.45, 2.75) is 44.9 Å². The molecule has 9 heteroatoms. The zero-order valence-electron chi connectivity index (χ0n) is 14.8. The Morgan fingerprint density at radius 3 is 2.85 bits per heavy atom. The maximum atomic E-state index is 12.3. The Hall–Kier alpha value is -3.02. The van der Waals surface area contributed by atoms with Crippen LogP contribution in [0.5, 0.6) is 5.75 Å². The fraction of sp³-hybridized carbons (Fsp3) is 0.529. The lowest BCUT2D eigenvalue weighted by Gasteiger charge is -2.42. The monoisotopic (exact) mass is 360 g/mol. The molecule has 2 aliphatic rings. The Morgan fingerprint density at radius 2 is 2.23 bits per heavy atom. The average Bonchev–Trinajstić information content (AvgIpc) is 2.56. The summed E-state index contributed by atoms with van der Waals surface area (Å²) >= 11 is 0. The fourth-order valence-corrected chi connectivity index (χ4v) is 3.12. The number of nitriles is 1. The van der Waals surface area contributed by atoms with Crippen LogP contribution in [0.3, 0.4) is 0 Å². The van der Waals surface area contributed by atoms with Crippen molar-refractivity contribution in [3.8, 4) is 11.8 Å². The van der Waals surface area contributed by atoms with Gasteiger partial charge in [-0.15, -0.1) is 0 Å². The van der Waals surface area contributed by atoms with E-state index in [1.807, 2.05) is 26.8 Å². The zero-order valence-corrected chi connectivity index (χ0v) is 14.8. The highest BCUT2D eigenvalue weighted by Crippen LogP contribution is 2.40. The number of benzene rings is 1. The van der Waals surface area contributed by atoms with Gasteiger partial charge >= 0.3 is 6.09 Å². The first-order chi connectivity index (χ1) is 12.2. The third kappa shape index (κ3) is 3.35. The molecule has 2 atom stereocenters. The number of likely N-dealkylation sites (tertiary alicyclic amines) is 1. The van der Waals surface area contributed by atoms with Crippen LogP contribution in [0.1, 0.15) is 32.8 Å². The number of nitrogens with zero attached hydrogens (tertiary/aromatic N) is 3. The second-order valence-corrected chi connectivity index (χ2v) is 7.33. The highest BCUT2D eigenvalue weighted by molar-refractivity contribution is 5.72. The third-order valence-electron chi connectivity index (χ3n) is 4.26. The van der Waals surface area contributed by atoms with E-state index >= 15 is 0 Å². The van der Waals surface area contributed by atoms with Crippen LogP contribution in [-0.4, -0.2) is 46.8 Å². The SMILES string of the molecule is CC(C)(C)OC(=O)N1CC[C@H]2Oc3c(ccc([N+](=O)[O-])c3C#N)N[C@@H]2C1. The molecule has 1 fully saturated rings. The lowest BCUT2D eigenvalue weighted by Crippen LogP contribution is -2.56. The summed E-state index contributed by atoms with van der Waals surface area (Å²) in [6.07, 6.45) is -0.135. The van der Waals surface area contributed by atoms with E-state index in [2.05, 4.69) is 5.32 Å². The van der Waals surface area contributed by atoms with Crippen LogP contribution in [0, 0.1) is 21.4 Å². The number of ether oxygens (including phenoxy) is 2. The van der Waals surface area contributed by atoms with Gasteiger partial charge in [0.15, 0.2) is 11.3 Å². The minimum Gasteiger partial charge on any atom is -0.484 e. The van der Waals surface area contributed by atoms with E-state index in [4.69, 9.17) is 9.47 Å². The number of nitro benzene ring substituents is 1. The van der Waals surface area contributed by atoms with Gasteiger partial charge in [0.25, 0.3) is 5.69 Å². The highest BCUT2D eigenvalue weighted by atomic mass is 16.6. The highest BCUT2D eigenvalue weighted by Gasteiger charge is 2.39. The number of rotatable bonds is 1. The molecule has 0 aliphatic carbocycles. The molecule has 1 N–H and O–H groups in total. The molecule has 26 heavy (non-hydrogen) atoms. The number of hydrogen-bond acceptors (Lipinski definition) is 7. The smallest absolute Gasteiger partial charge is 0.410 e. The van der Waals surface area contributed by atoms with Crippen LogP contribution in [0.25, 0.3) is 0 Å². The van der Waals surface area contributed by atoms with Crippen molar-refractivity contribution in [1.82, 2.24) is 4.90 Å². The number of hydrogen-bond donors (Lipinski definition) is 1. The Morgan fingerprint density at radius 1 is 1.50 bits per heavy atom. The fourth-order valence-electron chi connectivity index (χ4n) is 3.12. The summed E-state index contributed by atoms with van der Waals surface area (Å²) in [6.45, 7) is 6.27. The van der Waals surface area contributed by atoms with Gasteiger partial charge in [0.2, 0.25) is 0 Å². The van der Waals surface area contributed by atoms with Crippen LogP contribution < -0.4 is 10.1 Å². The molecule has 0 spiro atoms. The van der Waals surface area contributed by atoms with Gasteiger partial charge in [-0.25, -0.2) is 4.79 Å². The van der Waals surface area contributed by atoms with E-state index in [0.717, 1.165) is 0 Å². The molecule has 1 amide bonds. The van der Waals surface area contributed by atoms with E-state index in [1.165, 1.54) is 12.1 Å². The second kappa shape index (κ2) is 6.37. The number of piperidine rings is 1. The van der Waals surface area contributed by atoms with Crippen LogP contribution in [-0.2, 0) is 4.74 Å². The molecule has 0 bridgehead atoms. The summed E-state index contributed by atoms with van der Waals surface area (Å²) in [5, 5.41) is 23.7. The normalized spacial score (nSPS) is 21.4. The number of carbonyl (C=O) groups is 1. The molecular formula is C17H20N4O5. The van der Waals surface area contributed by atoms with E-state index in [-0.39, 0.29) is 35.2 Å². The van der Waals surface area contributed by atoms with Crippen LogP contribution >= 0.6 is 0 Å².